The van der Waals surface area contributed by atoms with Crippen LogP contribution in [0.2, 0.25) is 0 Å². The van der Waals surface area contributed by atoms with Gasteiger partial charge in [-0.15, -0.1) is 0 Å². The molecule has 1 aromatic heterocycles. The molecule has 0 spiro atoms. The molecular formula is C19H23N3OS. The summed E-state index contributed by atoms with van der Waals surface area (Å²) in [6.45, 7) is 4.98. The lowest BCUT2D eigenvalue weighted by Gasteiger charge is -2.33. The van der Waals surface area contributed by atoms with Crippen molar-refractivity contribution in [3.05, 3.63) is 42.1 Å². The first-order chi connectivity index (χ1) is 11.6. The minimum atomic E-state index is 0.193. The van der Waals surface area contributed by atoms with E-state index in [9.17, 15) is 4.79 Å². The fourth-order valence-electron chi connectivity index (χ4n) is 3.04. The summed E-state index contributed by atoms with van der Waals surface area (Å²) in [6, 6.07) is 12.4. The van der Waals surface area contributed by atoms with Gasteiger partial charge in [0.15, 0.2) is 5.16 Å². The third-order valence-electron chi connectivity index (χ3n) is 4.35. The third kappa shape index (κ3) is 4.15. The fraction of sp³-hybridized carbons (Fsp3) is 0.421. The summed E-state index contributed by atoms with van der Waals surface area (Å²) in [7, 11) is 0. The molecule has 2 heterocycles. The Morgan fingerprint density at radius 1 is 1.25 bits per heavy atom. The molecular weight excluding hydrogens is 318 g/mol. The molecule has 24 heavy (non-hydrogen) atoms. The molecule has 1 amide bonds. The Hall–Kier alpha value is -1.88. The van der Waals surface area contributed by atoms with Gasteiger partial charge in [0.05, 0.1) is 11.4 Å². The zero-order valence-electron chi connectivity index (χ0n) is 14.2. The number of benzene rings is 1. The van der Waals surface area contributed by atoms with Crippen molar-refractivity contribution in [2.45, 2.75) is 44.3 Å². The Kier molecular flexibility index (Phi) is 5.51. The number of piperidine rings is 1. The largest absolute Gasteiger partial charge is 0.339 e. The number of rotatable bonds is 4. The van der Waals surface area contributed by atoms with Crippen LogP contribution in [0.25, 0.3) is 11.3 Å². The molecule has 0 N–H and O–H groups in total. The maximum absolute atomic E-state index is 12.5. The van der Waals surface area contributed by atoms with Gasteiger partial charge in [0.25, 0.3) is 0 Å². The van der Waals surface area contributed by atoms with Gasteiger partial charge in [0.1, 0.15) is 0 Å². The van der Waals surface area contributed by atoms with Crippen molar-refractivity contribution in [3.8, 4) is 11.3 Å². The van der Waals surface area contributed by atoms with E-state index in [2.05, 4.69) is 16.9 Å². The van der Waals surface area contributed by atoms with Crippen LogP contribution in [0, 0.1) is 6.92 Å². The van der Waals surface area contributed by atoms with Crippen molar-refractivity contribution in [3.63, 3.8) is 0 Å². The Balaban J connectivity index is 1.69. The molecule has 0 bridgehead atoms. The van der Waals surface area contributed by atoms with Crippen molar-refractivity contribution >= 4 is 17.7 Å². The first kappa shape index (κ1) is 17.0. The van der Waals surface area contributed by atoms with Crippen LogP contribution < -0.4 is 0 Å². The lowest BCUT2D eigenvalue weighted by atomic mass is 10.0. The Bertz CT molecular complexity index is 705. The van der Waals surface area contributed by atoms with Gasteiger partial charge in [-0.3, -0.25) is 4.79 Å². The quantitative estimate of drug-likeness (QED) is 0.624. The number of nitrogens with zero attached hydrogens (tertiary/aromatic N) is 3. The Morgan fingerprint density at radius 3 is 2.79 bits per heavy atom. The first-order valence-electron chi connectivity index (χ1n) is 8.47. The molecule has 0 radical (unpaired) electrons. The highest BCUT2D eigenvalue weighted by Gasteiger charge is 2.23. The highest BCUT2D eigenvalue weighted by atomic mass is 32.2. The van der Waals surface area contributed by atoms with Crippen LogP contribution in [-0.2, 0) is 4.79 Å². The molecule has 2 aromatic rings. The average molecular weight is 341 g/mol. The summed E-state index contributed by atoms with van der Waals surface area (Å²) >= 11 is 1.43. The fourth-order valence-corrected chi connectivity index (χ4v) is 3.83. The van der Waals surface area contributed by atoms with Crippen LogP contribution >= 0.6 is 11.8 Å². The van der Waals surface area contributed by atoms with Gasteiger partial charge in [0.2, 0.25) is 5.91 Å². The summed E-state index contributed by atoms with van der Waals surface area (Å²) in [4.78, 5) is 23.6. The molecule has 4 nitrogen and oxygen atoms in total. The number of carbonyl (C=O) groups is 1. The van der Waals surface area contributed by atoms with Gasteiger partial charge in [-0.05, 0) is 39.2 Å². The first-order valence-corrected chi connectivity index (χ1v) is 9.45. The second kappa shape index (κ2) is 7.79. The highest BCUT2D eigenvalue weighted by molar-refractivity contribution is 7.99. The number of carbonyl (C=O) groups excluding carboxylic acids is 1. The van der Waals surface area contributed by atoms with E-state index in [0.29, 0.717) is 17.0 Å². The summed E-state index contributed by atoms with van der Waals surface area (Å²) < 4.78 is 0. The van der Waals surface area contributed by atoms with Crippen molar-refractivity contribution < 1.29 is 4.79 Å². The van der Waals surface area contributed by atoms with Crippen LogP contribution in [0.1, 0.15) is 31.9 Å². The smallest absolute Gasteiger partial charge is 0.233 e. The monoisotopic (exact) mass is 341 g/mol. The molecule has 0 saturated carbocycles. The van der Waals surface area contributed by atoms with Gasteiger partial charge in [0, 0.05) is 23.8 Å². The van der Waals surface area contributed by atoms with Crippen LogP contribution in [0.15, 0.2) is 41.6 Å². The zero-order valence-corrected chi connectivity index (χ0v) is 15.1. The van der Waals surface area contributed by atoms with E-state index in [0.717, 1.165) is 36.3 Å². The number of hydrogen-bond donors (Lipinski definition) is 0. The van der Waals surface area contributed by atoms with Crippen molar-refractivity contribution in [2.75, 3.05) is 12.3 Å². The molecule has 1 fully saturated rings. The lowest BCUT2D eigenvalue weighted by molar-refractivity contribution is -0.131. The van der Waals surface area contributed by atoms with Crippen molar-refractivity contribution in [2.24, 2.45) is 0 Å². The van der Waals surface area contributed by atoms with Crippen molar-refractivity contribution in [1.29, 1.82) is 0 Å². The zero-order chi connectivity index (χ0) is 16.9. The van der Waals surface area contributed by atoms with Gasteiger partial charge >= 0.3 is 0 Å². The van der Waals surface area contributed by atoms with E-state index in [1.165, 1.54) is 18.2 Å². The average Bonchev–Trinajstić information content (AvgIpc) is 2.60. The van der Waals surface area contributed by atoms with Gasteiger partial charge < -0.3 is 4.90 Å². The van der Waals surface area contributed by atoms with E-state index in [1.807, 2.05) is 48.2 Å². The number of likely N-dealkylation sites (tertiary alicyclic amines) is 1. The normalized spacial score (nSPS) is 17.8. The predicted octanol–water partition coefficient (Wildman–Crippen LogP) is 3.95. The van der Waals surface area contributed by atoms with Crippen LogP contribution in [0.4, 0.5) is 0 Å². The molecule has 1 aliphatic heterocycles. The number of thioether (sulfide) groups is 1. The van der Waals surface area contributed by atoms with E-state index < -0.39 is 0 Å². The number of aryl methyl sites for hydroxylation is 1. The minimum absolute atomic E-state index is 0.193. The second-order valence-corrected chi connectivity index (χ2v) is 7.21. The molecule has 0 aliphatic carbocycles. The van der Waals surface area contributed by atoms with Gasteiger partial charge in [-0.1, -0.05) is 42.1 Å². The van der Waals surface area contributed by atoms with E-state index in [-0.39, 0.29) is 5.91 Å². The number of aromatic nitrogens is 2. The SMILES string of the molecule is Cc1cc(-c2ccccc2)nc(SCC(=O)N2CCCC[C@@H]2C)n1. The minimum Gasteiger partial charge on any atom is -0.339 e. The number of hydrogen-bond acceptors (Lipinski definition) is 4. The standard InChI is InChI=1S/C19H23N3OS/c1-14-12-17(16-9-4-3-5-10-16)21-19(20-14)24-13-18(23)22-11-7-6-8-15(22)2/h3-5,9-10,12,15H,6-8,11,13H2,1-2H3/t15-/m0/s1. The van der Waals surface area contributed by atoms with E-state index >= 15 is 0 Å². The Morgan fingerprint density at radius 2 is 2.04 bits per heavy atom. The molecule has 3 rings (SSSR count). The summed E-state index contributed by atoms with van der Waals surface area (Å²) in [5.41, 5.74) is 2.90. The van der Waals surface area contributed by atoms with Gasteiger partial charge in [-0.2, -0.15) is 0 Å². The highest BCUT2D eigenvalue weighted by Crippen LogP contribution is 2.23. The van der Waals surface area contributed by atoms with E-state index in [4.69, 9.17) is 0 Å². The molecule has 1 aliphatic rings. The molecule has 1 atom stereocenters. The van der Waals surface area contributed by atoms with Crippen LogP contribution in [-0.4, -0.2) is 39.1 Å². The maximum Gasteiger partial charge on any atom is 0.233 e. The predicted molar refractivity (Wildman–Crippen MR) is 98.0 cm³/mol. The summed E-state index contributed by atoms with van der Waals surface area (Å²) in [5.74, 6) is 0.598. The summed E-state index contributed by atoms with van der Waals surface area (Å²) in [5, 5.41) is 0.673. The van der Waals surface area contributed by atoms with Crippen LogP contribution in [0.3, 0.4) is 0 Å². The molecule has 0 unspecified atom stereocenters. The number of amides is 1. The summed E-state index contributed by atoms with van der Waals surface area (Å²) in [6.07, 6.45) is 3.44. The second-order valence-electron chi connectivity index (χ2n) is 6.26. The molecule has 1 saturated heterocycles. The van der Waals surface area contributed by atoms with Crippen molar-refractivity contribution in [1.82, 2.24) is 14.9 Å². The molecule has 1 aromatic carbocycles. The molecule has 126 valence electrons. The van der Waals surface area contributed by atoms with E-state index in [1.54, 1.807) is 0 Å². The van der Waals surface area contributed by atoms with Crippen LogP contribution in [0.5, 0.6) is 0 Å². The van der Waals surface area contributed by atoms with Gasteiger partial charge in [-0.25, -0.2) is 9.97 Å². The maximum atomic E-state index is 12.5. The third-order valence-corrected chi connectivity index (χ3v) is 5.18. The lowest BCUT2D eigenvalue weighted by Crippen LogP contribution is -2.42. The topological polar surface area (TPSA) is 46.1 Å². The molecule has 5 heteroatoms. The Labute approximate surface area is 147 Å².